The van der Waals surface area contributed by atoms with Gasteiger partial charge in [-0.05, 0) is 30.0 Å². The van der Waals surface area contributed by atoms with Crippen LogP contribution in [0.4, 0.5) is 0 Å². The number of rotatable bonds is 2. The molecular weight excluding hydrogens is 326 g/mol. The van der Waals surface area contributed by atoms with E-state index in [4.69, 9.17) is 5.73 Å². The van der Waals surface area contributed by atoms with Crippen LogP contribution >= 0.6 is 12.4 Å². The SMILES string of the molecule is CC(=O)N1C=Cc2ccccc2C1CC(=O)N1CCC(N)CC1.Cl. The average Bonchev–Trinajstić information content (AvgIpc) is 2.55. The van der Waals surface area contributed by atoms with E-state index >= 15 is 0 Å². The monoisotopic (exact) mass is 349 g/mol. The van der Waals surface area contributed by atoms with Crippen LogP contribution in [0.15, 0.2) is 30.5 Å². The summed E-state index contributed by atoms with van der Waals surface area (Å²) in [6.07, 6.45) is 5.73. The van der Waals surface area contributed by atoms with E-state index in [2.05, 4.69) is 0 Å². The molecule has 130 valence electrons. The van der Waals surface area contributed by atoms with Crippen molar-refractivity contribution < 1.29 is 9.59 Å². The van der Waals surface area contributed by atoms with Crippen LogP contribution in [0.1, 0.15) is 43.4 Å². The van der Waals surface area contributed by atoms with Crippen LogP contribution in [0.3, 0.4) is 0 Å². The fourth-order valence-electron chi connectivity index (χ4n) is 3.36. The highest BCUT2D eigenvalue weighted by atomic mass is 35.5. The first-order valence-electron chi connectivity index (χ1n) is 8.15. The van der Waals surface area contributed by atoms with Gasteiger partial charge in [0.25, 0.3) is 0 Å². The molecule has 0 saturated carbocycles. The number of nitrogens with two attached hydrogens (primary N) is 1. The van der Waals surface area contributed by atoms with Crippen molar-refractivity contribution in [3.05, 3.63) is 41.6 Å². The predicted molar refractivity (Wildman–Crippen MR) is 96.4 cm³/mol. The second-order valence-electron chi connectivity index (χ2n) is 6.31. The number of hydrogen-bond acceptors (Lipinski definition) is 3. The van der Waals surface area contributed by atoms with Crippen LogP contribution in [-0.4, -0.2) is 40.7 Å². The molecule has 0 aromatic heterocycles. The van der Waals surface area contributed by atoms with Crippen LogP contribution < -0.4 is 5.73 Å². The molecule has 0 radical (unpaired) electrons. The third kappa shape index (κ3) is 3.79. The van der Waals surface area contributed by atoms with Gasteiger partial charge in [-0.1, -0.05) is 24.3 Å². The predicted octanol–water partition coefficient (Wildman–Crippen LogP) is 2.32. The minimum atomic E-state index is -0.225. The molecule has 0 spiro atoms. The van der Waals surface area contributed by atoms with Gasteiger partial charge < -0.3 is 15.5 Å². The minimum absolute atomic E-state index is 0. The van der Waals surface area contributed by atoms with Crippen LogP contribution in [-0.2, 0) is 9.59 Å². The molecule has 3 rings (SSSR count). The van der Waals surface area contributed by atoms with E-state index in [1.54, 1.807) is 11.1 Å². The average molecular weight is 350 g/mol. The molecular formula is C18H24ClN3O2. The van der Waals surface area contributed by atoms with Crippen molar-refractivity contribution in [2.24, 2.45) is 5.73 Å². The molecule has 0 bridgehead atoms. The Bertz CT molecular complexity index is 639. The number of fused-ring (bicyclic) bond motifs is 1. The van der Waals surface area contributed by atoms with E-state index in [0.29, 0.717) is 19.5 Å². The van der Waals surface area contributed by atoms with Gasteiger partial charge in [0.15, 0.2) is 0 Å². The van der Waals surface area contributed by atoms with Crippen molar-refractivity contribution in [1.82, 2.24) is 9.80 Å². The number of hydrogen-bond donors (Lipinski definition) is 1. The minimum Gasteiger partial charge on any atom is -0.343 e. The van der Waals surface area contributed by atoms with Gasteiger partial charge in [0.1, 0.15) is 0 Å². The highest BCUT2D eigenvalue weighted by molar-refractivity contribution is 5.85. The molecule has 2 heterocycles. The number of nitrogens with zero attached hydrogens (tertiary/aromatic N) is 2. The maximum absolute atomic E-state index is 12.7. The lowest BCUT2D eigenvalue weighted by Crippen LogP contribution is -2.44. The van der Waals surface area contributed by atoms with Crippen molar-refractivity contribution >= 4 is 30.3 Å². The lowest BCUT2D eigenvalue weighted by molar-refractivity contribution is -0.135. The molecule has 5 nitrogen and oxygen atoms in total. The van der Waals surface area contributed by atoms with Gasteiger partial charge >= 0.3 is 0 Å². The van der Waals surface area contributed by atoms with E-state index in [1.807, 2.05) is 35.2 Å². The molecule has 1 fully saturated rings. The molecule has 6 heteroatoms. The number of carbonyl (C=O) groups excluding carboxylic acids is 2. The second kappa shape index (κ2) is 7.81. The summed E-state index contributed by atoms with van der Waals surface area (Å²) in [6, 6.07) is 7.91. The van der Waals surface area contributed by atoms with Gasteiger partial charge in [0.05, 0.1) is 12.5 Å². The lowest BCUT2D eigenvalue weighted by atomic mass is 9.93. The maximum Gasteiger partial charge on any atom is 0.225 e. The first-order chi connectivity index (χ1) is 11.1. The van der Waals surface area contributed by atoms with Gasteiger partial charge in [-0.25, -0.2) is 0 Å². The number of benzene rings is 1. The number of likely N-dealkylation sites (tertiary alicyclic amines) is 1. The zero-order valence-electron chi connectivity index (χ0n) is 13.9. The molecule has 2 N–H and O–H groups in total. The molecule has 1 saturated heterocycles. The van der Waals surface area contributed by atoms with Crippen LogP contribution in [0, 0.1) is 0 Å². The molecule has 0 aliphatic carbocycles. The van der Waals surface area contributed by atoms with Gasteiger partial charge in [-0.3, -0.25) is 9.59 Å². The Hall–Kier alpha value is -1.85. The highest BCUT2D eigenvalue weighted by Gasteiger charge is 2.30. The highest BCUT2D eigenvalue weighted by Crippen LogP contribution is 2.33. The molecule has 1 aromatic carbocycles. The van der Waals surface area contributed by atoms with Gasteiger partial charge in [-0.15, -0.1) is 12.4 Å². The van der Waals surface area contributed by atoms with Crippen LogP contribution in [0.2, 0.25) is 0 Å². The molecule has 2 amide bonds. The summed E-state index contributed by atoms with van der Waals surface area (Å²) in [5.41, 5.74) is 8.01. The first-order valence-corrected chi connectivity index (χ1v) is 8.15. The number of piperidine rings is 1. The lowest BCUT2D eigenvalue weighted by Gasteiger charge is -2.35. The van der Waals surface area contributed by atoms with Crippen molar-refractivity contribution in [3.8, 4) is 0 Å². The Morgan fingerprint density at radius 2 is 1.88 bits per heavy atom. The Morgan fingerprint density at radius 1 is 1.21 bits per heavy atom. The third-order valence-corrected chi connectivity index (χ3v) is 4.73. The molecule has 1 unspecified atom stereocenters. The topological polar surface area (TPSA) is 66.6 Å². The van der Waals surface area contributed by atoms with Crippen LogP contribution in [0.25, 0.3) is 6.08 Å². The zero-order valence-corrected chi connectivity index (χ0v) is 14.7. The van der Waals surface area contributed by atoms with E-state index in [0.717, 1.165) is 24.0 Å². The largest absolute Gasteiger partial charge is 0.343 e. The summed E-state index contributed by atoms with van der Waals surface area (Å²) in [6.45, 7) is 2.96. The Labute approximate surface area is 148 Å². The summed E-state index contributed by atoms with van der Waals surface area (Å²) in [4.78, 5) is 28.2. The van der Waals surface area contributed by atoms with E-state index in [1.165, 1.54) is 6.92 Å². The zero-order chi connectivity index (χ0) is 16.4. The molecule has 2 aliphatic heterocycles. The van der Waals surface area contributed by atoms with E-state index in [9.17, 15) is 9.59 Å². The Balaban J connectivity index is 0.00000208. The summed E-state index contributed by atoms with van der Waals surface area (Å²) in [7, 11) is 0. The Kier molecular flexibility index (Phi) is 6.02. The van der Waals surface area contributed by atoms with E-state index < -0.39 is 0 Å². The van der Waals surface area contributed by atoms with Crippen molar-refractivity contribution in [1.29, 1.82) is 0 Å². The maximum atomic E-state index is 12.7. The fourth-order valence-corrected chi connectivity index (χ4v) is 3.36. The quantitative estimate of drug-likeness (QED) is 0.891. The molecule has 24 heavy (non-hydrogen) atoms. The molecule has 1 aromatic rings. The summed E-state index contributed by atoms with van der Waals surface area (Å²) >= 11 is 0. The third-order valence-electron chi connectivity index (χ3n) is 4.73. The van der Waals surface area contributed by atoms with Crippen molar-refractivity contribution in [2.75, 3.05) is 13.1 Å². The van der Waals surface area contributed by atoms with Crippen LogP contribution in [0.5, 0.6) is 0 Å². The van der Waals surface area contributed by atoms with Crippen molar-refractivity contribution in [3.63, 3.8) is 0 Å². The van der Waals surface area contributed by atoms with Gasteiger partial charge in [0.2, 0.25) is 11.8 Å². The Morgan fingerprint density at radius 3 is 2.54 bits per heavy atom. The second-order valence-corrected chi connectivity index (χ2v) is 6.31. The summed E-state index contributed by atoms with van der Waals surface area (Å²) in [5.74, 6) is 0.0486. The van der Waals surface area contributed by atoms with E-state index in [-0.39, 0.29) is 36.3 Å². The van der Waals surface area contributed by atoms with Gasteiger partial charge in [-0.2, -0.15) is 0 Å². The number of halogens is 1. The standard InChI is InChI=1S/C18H23N3O2.ClH/c1-13(22)21-11-6-14-4-2-3-5-16(14)17(21)12-18(23)20-9-7-15(19)8-10-20;/h2-6,11,15,17H,7-10,12,19H2,1H3;1H. The van der Waals surface area contributed by atoms with Crippen molar-refractivity contribution in [2.45, 2.75) is 38.3 Å². The molecule has 2 aliphatic rings. The summed E-state index contributed by atoms with van der Waals surface area (Å²) in [5, 5.41) is 0. The smallest absolute Gasteiger partial charge is 0.225 e. The number of carbonyl (C=O) groups is 2. The summed E-state index contributed by atoms with van der Waals surface area (Å²) < 4.78 is 0. The number of amides is 2. The first kappa shape index (κ1) is 18.5. The normalized spacial score (nSPS) is 20.3. The molecule has 1 atom stereocenters. The fraction of sp³-hybridized carbons (Fsp3) is 0.444. The van der Waals surface area contributed by atoms with Gasteiger partial charge in [0, 0.05) is 32.3 Å².